The van der Waals surface area contributed by atoms with Crippen molar-refractivity contribution in [2.24, 2.45) is 0 Å². The summed E-state index contributed by atoms with van der Waals surface area (Å²) in [5, 5.41) is 43.2. The second-order valence-corrected chi connectivity index (χ2v) is 37.8. The fourth-order valence-electron chi connectivity index (χ4n) is 14.2. The van der Waals surface area contributed by atoms with Crippen molar-refractivity contribution in [1.82, 2.24) is 61.5 Å². The molecule has 43 nitrogen and oxygen atoms in total. The number of imidazole rings is 3. The molecule has 49 heteroatoms. The number of nitrogens with zero attached hydrogens (tertiary/aromatic N) is 12. The van der Waals surface area contributed by atoms with Gasteiger partial charge in [0, 0.05) is 42.7 Å². The number of aliphatic hydroxyl groups is 4. The van der Waals surface area contributed by atoms with Crippen LogP contribution >= 0.6 is 38.7 Å². The molecule has 11 heterocycles. The average molecular weight is 1860 g/mol. The van der Waals surface area contributed by atoms with Crippen molar-refractivity contribution < 1.29 is 118 Å². The largest absolute Gasteiger partial charge is 0.480 e. The number of nitrogens with one attached hydrogen (secondary N) is 4. The highest BCUT2D eigenvalue weighted by molar-refractivity contribution is 7.68. The van der Waals surface area contributed by atoms with E-state index in [2.05, 4.69) is 34.2 Å². The van der Waals surface area contributed by atoms with Crippen LogP contribution in [0.4, 0.5) is 22.2 Å². The SMILES string of the molecule is Nc1nc2c(c(=O)[nH]1)n(Cc1ccc(-c3ccccc3)cc1)c[n+]2C1OC(COP(=O)(O)NP(=O)(O)n2cccc2)[C@H](O)[C@@H]1O.Nc1nc2c(c(=O)[nH]1)n(Cc1ccc(-c3ccccc3)cc1)c[n+]2C1OC(COP(=O)(O)n2cccc2)[C@H](O)[C@@H]1O.Nc1nc2c(c(=O)[nH]1)n(Cc1ccc(-c3ccccc3)cc1F)c[n+]2COCCOP(=O)(O)OP(=O)(O)n1cccc1. The summed E-state index contributed by atoms with van der Waals surface area (Å²) in [6.07, 6.45) is 0.956. The van der Waals surface area contributed by atoms with E-state index in [1.165, 1.54) is 98.4 Å². The van der Waals surface area contributed by atoms with Crippen LogP contribution < -0.4 is 52.4 Å². The number of aromatic nitrogens is 15. The summed E-state index contributed by atoms with van der Waals surface area (Å²) in [5.74, 6) is -0.933. The summed E-state index contributed by atoms with van der Waals surface area (Å²) in [6.45, 7) is -1.64. The first-order valence-corrected chi connectivity index (χ1v) is 46.5. The molecule has 17 rings (SSSR count). The van der Waals surface area contributed by atoms with Gasteiger partial charge in [0.05, 0.1) is 46.1 Å². The van der Waals surface area contributed by atoms with Crippen LogP contribution in [0.1, 0.15) is 29.1 Å². The molecule has 0 spiro atoms. The Kier molecular flexibility index (Phi) is 27.0. The van der Waals surface area contributed by atoms with Crippen LogP contribution in [0.15, 0.2) is 265 Å². The third-order valence-electron chi connectivity index (χ3n) is 20.3. The number of benzene rings is 6. The molecule has 128 heavy (non-hydrogen) atoms. The number of ether oxygens (including phenoxy) is 3. The Balaban J connectivity index is 0.000000148. The van der Waals surface area contributed by atoms with E-state index in [0.717, 1.165) is 52.0 Å². The van der Waals surface area contributed by atoms with Crippen molar-refractivity contribution in [2.45, 2.75) is 75.4 Å². The number of anilines is 3. The predicted molar refractivity (Wildman–Crippen MR) is 456 cm³/mol. The van der Waals surface area contributed by atoms with Crippen LogP contribution in [0.5, 0.6) is 0 Å². The third-order valence-corrected chi connectivity index (χ3v) is 28.1. The molecule has 2 saturated heterocycles. The lowest BCUT2D eigenvalue weighted by molar-refractivity contribution is -0.746. The molecule has 0 saturated carbocycles. The van der Waals surface area contributed by atoms with Crippen LogP contribution in [0.25, 0.3) is 66.9 Å². The van der Waals surface area contributed by atoms with Crippen molar-refractivity contribution in [1.29, 1.82) is 0 Å². The van der Waals surface area contributed by atoms with E-state index in [1.54, 1.807) is 44.6 Å². The first-order chi connectivity index (χ1) is 61.1. The summed E-state index contributed by atoms with van der Waals surface area (Å²) in [6, 6.07) is 58.5. The topological polar surface area (TPSA) is 601 Å². The lowest BCUT2D eigenvalue weighted by atomic mass is 10.0. The summed E-state index contributed by atoms with van der Waals surface area (Å²) in [7, 11) is -23.2. The quantitative estimate of drug-likeness (QED) is 0.0150. The fraction of sp³-hybridized carbons (Fsp3) is 0.203. The number of rotatable bonds is 30. The number of hydrogen-bond donors (Lipinski definition) is 16. The maximum absolute atomic E-state index is 15.1. The van der Waals surface area contributed by atoms with Gasteiger partial charge in [0.25, 0.3) is 34.5 Å². The monoisotopic (exact) mass is 1860 g/mol. The Hall–Kier alpha value is -12.0. The number of aromatic amines is 3. The molecule has 9 unspecified atom stereocenters. The minimum atomic E-state index is -4.92. The molecule has 13 atom stereocenters. The van der Waals surface area contributed by atoms with Gasteiger partial charge in [-0.2, -0.15) is 4.31 Å². The standard InChI is InChI=1S/C27H29N7O9P2.C27H27N6O7P.C25H25FN6O8P2/c28-27-29-24-21(25(37)30-27)32(14-17-8-10-19(11-9-17)18-6-2-1-3-7-18)16-34(24)26-23(36)22(35)20(43-26)15-42-45(40,41)31-44(38,39)33-12-4-5-13-33;28-27-29-24-21(25(36)30-27)31(14-17-8-10-19(11-9-17)18-6-2-1-3-7-18)16-33(24)26-23(35)22(34)20(40-26)15-39-41(37,38)32-12-4-5-13-32;26-21-14-19(18-6-2-1-3-7-18)8-9-20(21)15-30-16-31(23-22(30)24(33)29-25(27)28-23)17-38-12-13-39-42(36,37)40-41(34,35)32-10-4-5-11-32/h1-13,16,20,22-23,26,35-36H,14-15H2,(H5-,28,29,30,31,37,38,39,40,41);1-13,16,20,22-23,26,34-35H,14-15H2,(H3-,28,29,30,36,37,38);1-11,14,16H,12-13,15,17H2,(H4-,27,28,29,33,34,35,36,37)/p+3/t2*20?,22-,23-,26?;/m00./s1. The maximum Gasteiger partial charge on any atom is 0.480 e. The van der Waals surface area contributed by atoms with Gasteiger partial charge >= 0.3 is 55.7 Å². The number of H-pyrrole nitrogens is 3. The van der Waals surface area contributed by atoms with Crippen molar-refractivity contribution in [3.8, 4) is 33.4 Å². The molecule has 9 aromatic heterocycles. The van der Waals surface area contributed by atoms with Crippen LogP contribution in [0.2, 0.25) is 0 Å². The minimum absolute atomic E-state index is 0.00413. The number of nitrogen functional groups attached to an aromatic ring is 3. The lowest BCUT2D eigenvalue weighted by Gasteiger charge is -2.20. The molecule has 15 aromatic rings. The Labute approximate surface area is 722 Å². The Bertz CT molecular complexity index is 6900. The van der Waals surface area contributed by atoms with Crippen LogP contribution in [-0.4, -0.2) is 165 Å². The number of fused-ring (bicyclic) bond motifs is 3. The fourth-order valence-corrected chi connectivity index (χ4v) is 20.4. The number of aliphatic hydroxyl groups excluding tert-OH is 4. The molecule has 0 bridgehead atoms. The minimum Gasteiger partial charge on any atom is -0.387 e. The zero-order valence-electron chi connectivity index (χ0n) is 66.8. The third kappa shape index (κ3) is 20.7. The molecular weight excluding hydrogens is 1770 g/mol. The molecule has 2 aliphatic rings. The molecule has 0 amide bonds. The van der Waals surface area contributed by atoms with E-state index in [9.17, 15) is 82.1 Å². The second-order valence-electron chi connectivity index (χ2n) is 29.1. The molecule has 2 aliphatic heterocycles. The molecule has 2 fully saturated rings. The normalized spacial score (nSPS) is 19.9. The van der Waals surface area contributed by atoms with Crippen molar-refractivity contribution in [3.63, 3.8) is 0 Å². The number of nitrogens with two attached hydrogens (primary N) is 3. The number of phosphoric acid groups is 1. The van der Waals surface area contributed by atoms with E-state index in [4.69, 9.17) is 45.0 Å². The highest BCUT2D eigenvalue weighted by Crippen LogP contribution is 2.60. The summed E-state index contributed by atoms with van der Waals surface area (Å²) in [5.41, 5.74) is 24.4. The average Bonchev–Trinajstić information content (AvgIpc) is 1.60. The van der Waals surface area contributed by atoms with Gasteiger partial charge in [0.2, 0.25) is 29.0 Å². The Morgan fingerprint density at radius 3 is 1.29 bits per heavy atom. The van der Waals surface area contributed by atoms with E-state index < -0.39 is 130 Å². The Morgan fingerprint density at radius 2 is 0.836 bits per heavy atom. The van der Waals surface area contributed by atoms with Crippen molar-refractivity contribution in [3.05, 3.63) is 304 Å². The molecule has 6 aromatic carbocycles. The number of halogens is 1. The lowest BCUT2D eigenvalue weighted by Crippen LogP contribution is -2.46. The summed E-state index contributed by atoms with van der Waals surface area (Å²) >= 11 is 0. The van der Waals surface area contributed by atoms with Gasteiger partial charge in [-0.15, -0.1) is 4.86 Å². The highest BCUT2D eigenvalue weighted by Gasteiger charge is 2.50. The smallest absolute Gasteiger partial charge is 0.387 e. The summed E-state index contributed by atoms with van der Waals surface area (Å²) in [4.78, 5) is 111. The number of hydrogen-bond acceptors (Lipinski definition) is 25. The first kappa shape index (κ1) is 90.8. The zero-order valence-corrected chi connectivity index (χ0v) is 71.3. The van der Waals surface area contributed by atoms with Gasteiger partial charge in [0.1, 0.15) is 42.4 Å². The first-order valence-electron chi connectivity index (χ1n) is 38.8. The van der Waals surface area contributed by atoms with E-state index in [-0.39, 0.29) is 84.3 Å². The van der Waals surface area contributed by atoms with Gasteiger partial charge in [-0.3, -0.25) is 69.6 Å². The van der Waals surface area contributed by atoms with Gasteiger partial charge in [-0.05, 0) is 87.0 Å². The molecule has 0 radical (unpaired) electrons. The van der Waals surface area contributed by atoms with Crippen LogP contribution in [0.3, 0.4) is 0 Å². The van der Waals surface area contributed by atoms with Crippen LogP contribution in [0, 0.1) is 5.82 Å². The second kappa shape index (κ2) is 38.1. The highest BCUT2D eigenvalue weighted by atomic mass is 31.3. The predicted octanol–water partition coefficient (Wildman–Crippen LogP) is 5.49. The van der Waals surface area contributed by atoms with Gasteiger partial charge in [0.15, 0.2) is 25.7 Å². The van der Waals surface area contributed by atoms with E-state index in [1.807, 2.05) is 140 Å². The van der Waals surface area contributed by atoms with E-state index in [0.29, 0.717) is 11.1 Å². The number of phosphoric ester groups is 1. The van der Waals surface area contributed by atoms with E-state index >= 15 is 4.39 Å². The Morgan fingerprint density at radius 1 is 0.445 bits per heavy atom. The van der Waals surface area contributed by atoms with Gasteiger partial charge in [-0.1, -0.05) is 167 Å². The molecule has 19 N–H and O–H groups in total. The maximum atomic E-state index is 15.1. The van der Waals surface area contributed by atoms with Crippen LogP contribution in [-0.2, 0) is 81.3 Å². The molecular formula is C79H84FN19O24P5+3. The molecule has 668 valence electrons. The molecule has 0 aliphatic carbocycles. The summed E-state index contributed by atoms with van der Waals surface area (Å²) < 4.78 is 125. The zero-order chi connectivity index (χ0) is 90.6. The van der Waals surface area contributed by atoms with Gasteiger partial charge in [-0.25, -0.2) is 40.9 Å². The van der Waals surface area contributed by atoms with Gasteiger partial charge < -0.3 is 76.3 Å². The van der Waals surface area contributed by atoms with Crippen molar-refractivity contribution in [2.75, 3.05) is 43.6 Å². The van der Waals surface area contributed by atoms with Crippen molar-refractivity contribution >= 4 is 90.1 Å².